The average molecular weight is 613 g/mol. The smallest absolute Gasteiger partial charge is 0.425 e. The number of alkyl halides is 3. The number of amides is 2. The van der Waals surface area contributed by atoms with Crippen LogP contribution in [0.15, 0.2) is 78.0 Å². The summed E-state index contributed by atoms with van der Waals surface area (Å²) >= 11 is 0. The predicted molar refractivity (Wildman–Crippen MR) is 154 cm³/mol. The molecule has 1 N–H and O–H groups in total. The zero-order valence-electron chi connectivity index (χ0n) is 24.7. The van der Waals surface area contributed by atoms with Crippen molar-refractivity contribution in [2.24, 2.45) is 0 Å². The molecule has 1 aliphatic heterocycles. The van der Waals surface area contributed by atoms with E-state index in [2.05, 4.69) is 0 Å². The first-order chi connectivity index (χ1) is 20.9. The Hall–Kier alpha value is -5.00. The van der Waals surface area contributed by atoms with Gasteiger partial charge in [0.15, 0.2) is 17.3 Å². The van der Waals surface area contributed by atoms with E-state index in [9.17, 15) is 14.4 Å². The molecule has 0 aromatic heterocycles. The summed E-state index contributed by atoms with van der Waals surface area (Å²) in [4.78, 5) is 42.3. The number of hydrogen-bond donors (Lipinski definition) is 1. The summed E-state index contributed by atoms with van der Waals surface area (Å²) in [5.74, 6) is -3.15. The van der Waals surface area contributed by atoms with Crippen LogP contribution >= 0.6 is 0 Å². The molecule has 1 heterocycles. The first-order valence-electron chi connectivity index (χ1n) is 13.4. The van der Waals surface area contributed by atoms with Crippen molar-refractivity contribution in [2.45, 2.75) is 25.1 Å². The Labute approximate surface area is 252 Å². The van der Waals surface area contributed by atoms with Gasteiger partial charge in [-0.3, -0.25) is 14.4 Å². The summed E-state index contributed by atoms with van der Waals surface area (Å²) < 4.78 is 66.9. The topological polar surface area (TPSA) is 103 Å². The van der Waals surface area contributed by atoms with Crippen molar-refractivity contribution in [2.75, 3.05) is 35.0 Å². The number of hydrogen-bond acceptors (Lipinski definition) is 7. The number of nitrogens with zero attached hydrogens (tertiary/aromatic N) is 1. The van der Waals surface area contributed by atoms with Gasteiger partial charge in [-0.25, -0.2) is 0 Å². The van der Waals surface area contributed by atoms with Crippen molar-refractivity contribution in [1.82, 2.24) is 10.2 Å². The predicted octanol–water partition coefficient (Wildman–Crippen LogP) is 4.99. The third-order valence-electron chi connectivity index (χ3n) is 7.41. The van der Waals surface area contributed by atoms with E-state index in [1.165, 1.54) is 59.6 Å². The van der Waals surface area contributed by atoms with Crippen LogP contribution in [0, 0.1) is 0 Å². The van der Waals surface area contributed by atoms with Crippen molar-refractivity contribution < 1.29 is 46.5 Å². The van der Waals surface area contributed by atoms with E-state index in [-0.39, 0.29) is 47.0 Å². The molecule has 1 unspecified atom stereocenters. The first-order valence-corrected chi connectivity index (χ1v) is 13.4. The van der Waals surface area contributed by atoms with E-state index in [0.717, 1.165) is 17.0 Å². The van der Waals surface area contributed by atoms with Gasteiger partial charge in [0, 0.05) is 23.4 Å². The minimum Gasteiger partial charge on any atom is -0.497 e. The Morgan fingerprint density at radius 1 is 0.841 bits per heavy atom. The molecule has 0 bridgehead atoms. The van der Waals surface area contributed by atoms with Gasteiger partial charge in [0.25, 0.3) is 11.8 Å². The van der Waals surface area contributed by atoms with Gasteiger partial charge in [0.05, 0.1) is 34.0 Å². The lowest BCUT2D eigenvalue weighted by Gasteiger charge is -2.33. The van der Waals surface area contributed by atoms with E-state index in [1.807, 2.05) is 5.32 Å². The standard InChI is InChI=1S/C32H31F3N2O7/c1-19-26(27(38)21-9-7-6-8-10-21)31(32(33,34)35,30(40)37(19)16-15-20-11-13-23(41-2)14-12-20)36-29(39)22-17-24(42-3)28(44-5)25(18-22)43-4/h6-14,17-18H,15-16H2,1-5H3,(H,36,39). The number of ketones is 1. The quantitative estimate of drug-likeness (QED) is 0.304. The van der Waals surface area contributed by atoms with Gasteiger partial charge >= 0.3 is 6.18 Å². The first kappa shape index (κ1) is 31.9. The molecule has 9 nitrogen and oxygen atoms in total. The molecule has 0 saturated carbocycles. The van der Waals surface area contributed by atoms with Crippen LogP contribution in [-0.4, -0.2) is 69.2 Å². The fraction of sp³-hybridized carbons (Fsp3) is 0.281. The lowest BCUT2D eigenvalue weighted by molar-refractivity contribution is -0.189. The third kappa shape index (κ3) is 5.67. The summed E-state index contributed by atoms with van der Waals surface area (Å²) in [5, 5.41) is 1.91. The maximum atomic E-state index is 15.3. The fourth-order valence-corrected chi connectivity index (χ4v) is 5.14. The minimum absolute atomic E-state index is 0.00392. The fourth-order valence-electron chi connectivity index (χ4n) is 5.14. The number of benzene rings is 3. The van der Waals surface area contributed by atoms with E-state index < -0.39 is 34.9 Å². The van der Waals surface area contributed by atoms with Crippen LogP contribution in [0.3, 0.4) is 0 Å². The van der Waals surface area contributed by atoms with Crippen molar-refractivity contribution in [3.63, 3.8) is 0 Å². The number of allylic oxidation sites excluding steroid dienone is 1. The highest BCUT2D eigenvalue weighted by atomic mass is 19.4. The molecule has 0 aliphatic carbocycles. The second kappa shape index (κ2) is 12.7. The van der Waals surface area contributed by atoms with Gasteiger partial charge in [0.1, 0.15) is 5.75 Å². The Balaban J connectivity index is 1.83. The molecule has 3 aromatic carbocycles. The molecule has 44 heavy (non-hydrogen) atoms. The molecule has 0 spiro atoms. The molecule has 4 rings (SSSR count). The number of nitrogens with one attached hydrogen (secondary N) is 1. The molecule has 0 fully saturated rings. The van der Waals surface area contributed by atoms with Crippen LogP contribution in [0.1, 0.15) is 33.2 Å². The van der Waals surface area contributed by atoms with Crippen LogP contribution in [-0.2, 0) is 11.2 Å². The number of carbonyl (C=O) groups is 3. The summed E-state index contributed by atoms with van der Waals surface area (Å²) in [6.07, 6.45) is -5.26. The van der Waals surface area contributed by atoms with Crippen LogP contribution < -0.4 is 24.3 Å². The van der Waals surface area contributed by atoms with Crippen molar-refractivity contribution in [3.8, 4) is 23.0 Å². The highest BCUT2D eigenvalue weighted by molar-refractivity contribution is 6.19. The van der Waals surface area contributed by atoms with Gasteiger partial charge in [-0.1, -0.05) is 42.5 Å². The maximum Gasteiger partial charge on any atom is 0.425 e. The lowest BCUT2D eigenvalue weighted by Crippen LogP contribution is -2.66. The van der Waals surface area contributed by atoms with Crippen LogP contribution in [0.4, 0.5) is 13.2 Å². The second-order valence-corrected chi connectivity index (χ2v) is 9.83. The Bertz CT molecular complexity index is 1560. The van der Waals surface area contributed by atoms with Crippen LogP contribution in [0.25, 0.3) is 0 Å². The third-order valence-corrected chi connectivity index (χ3v) is 7.41. The summed E-state index contributed by atoms with van der Waals surface area (Å²) in [6, 6.07) is 16.4. The van der Waals surface area contributed by atoms with Crippen molar-refractivity contribution in [1.29, 1.82) is 0 Å². The van der Waals surface area contributed by atoms with E-state index in [1.54, 1.807) is 30.3 Å². The number of rotatable bonds is 11. The molecule has 232 valence electrons. The molecule has 12 heteroatoms. The summed E-state index contributed by atoms with van der Waals surface area (Å²) in [7, 11) is 5.38. The SMILES string of the molecule is COc1ccc(CCN2C(=O)C(NC(=O)c3cc(OC)c(OC)c(OC)c3)(C(F)(F)F)C(C(=O)c3ccccc3)=C2C)cc1. The number of halogens is 3. The average Bonchev–Trinajstić information content (AvgIpc) is 3.24. The molecule has 1 atom stereocenters. The highest BCUT2D eigenvalue weighted by Crippen LogP contribution is 2.46. The Morgan fingerprint density at radius 2 is 1.43 bits per heavy atom. The summed E-state index contributed by atoms with van der Waals surface area (Å²) in [6.45, 7) is 1.07. The largest absolute Gasteiger partial charge is 0.497 e. The number of methoxy groups -OCH3 is 4. The number of Topliss-reactive ketones (excluding diaryl/α,β-unsaturated/α-hetero) is 1. The zero-order chi connectivity index (χ0) is 32.2. The highest BCUT2D eigenvalue weighted by Gasteiger charge is 2.70. The van der Waals surface area contributed by atoms with Crippen molar-refractivity contribution >= 4 is 17.6 Å². The van der Waals surface area contributed by atoms with Gasteiger partial charge in [-0.05, 0) is 43.2 Å². The van der Waals surface area contributed by atoms with Crippen molar-refractivity contribution in [3.05, 3.63) is 94.7 Å². The minimum atomic E-state index is -5.42. The number of ether oxygens (including phenoxy) is 4. The summed E-state index contributed by atoms with van der Waals surface area (Å²) in [5.41, 5.74) is -4.49. The monoisotopic (exact) mass is 612 g/mol. The van der Waals surface area contributed by atoms with Gasteiger partial charge in [0.2, 0.25) is 11.3 Å². The van der Waals surface area contributed by atoms with Gasteiger partial charge in [-0.15, -0.1) is 0 Å². The normalized spacial score (nSPS) is 16.5. The Kier molecular flexibility index (Phi) is 9.22. The Morgan fingerprint density at radius 3 is 1.93 bits per heavy atom. The molecular weight excluding hydrogens is 581 g/mol. The molecule has 0 radical (unpaired) electrons. The van der Waals surface area contributed by atoms with Crippen LogP contribution in [0.5, 0.6) is 23.0 Å². The molecular formula is C32H31F3N2O7. The molecule has 1 aliphatic rings. The van der Waals surface area contributed by atoms with E-state index >= 15 is 13.2 Å². The van der Waals surface area contributed by atoms with Gasteiger partial charge < -0.3 is 29.2 Å². The van der Waals surface area contributed by atoms with Gasteiger partial charge in [-0.2, -0.15) is 13.2 Å². The number of carbonyl (C=O) groups excluding carboxylic acids is 3. The van der Waals surface area contributed by atoms with E-state index in [4.69, 9.17) is 18.9 Å². The molecule has 2 amide bonds. The van der Waals surface area contributed by atoms with Crippen LogP contribution in [0.2, 0.25) is 0 Å². The maximum absolute atomic E-state index is 15.3. The lowest BCUT2D eigenvalue weighted by atomic mass is 9.84. The molecule has 3 aromatic rings. The second-order valence-electron chi connectivity index (χ2n) is 9.83. The zero-order valence-corrected chi connectivity index (χ0v) is 24.7. The van der Waals surface area contributed by atoms with E-state index in [0.29, 0.717) is 11.3 Å². The molecule has 0 saturated heterocycles.